The minimum absolute atomic E-state index is 0.0112. The Labute approximate surface area is 175 Å². The summed E-state index contributed by atoms with van der Waals surface area (Å²) in [5.74, 6) is -1.74. The molecule has 3 saturated heterocycles. The number of rotatable bonds is 4. The van der Waals surface area contributed by atoms with Gasteiger partial charge in [0.1, 0.15) is 9.88 Å². The number of nitrogens with zero attached hydrogens (tertiary/aromatic N) is 2. The molecule has 4 heterocycles. The molecule has 1 aromatic carbocycles. The van der Waals surface area contributed by atoms with Crippen molar-refractivity contribution in [3.63, 3.8) is 0 Å². The van der Waals surface area contributed by atoms with Crippen LogP contribution in [0.5, 0.6) is 0 Å². The van der Waals surface area contributed by atoms with Crippen molar-refractivity contribution in [1.29, 1.82) is 0 Å². The summed E-state index contributed by atoms with van der Waals surface area (Å²) in [6.07, 6.45) is -1.32. The van der Waals surface area contributed by atoms with Gasteiger partial charge in [0.05, 0.1) is 6.20 Å². The molecule has 2 amide bonds. The number of carbonyl (C=O) groups is 2. The van der Waals surface area contributed by atoms with Crippen LogP contribution in [0.15, 0.2) is 30.5 Å². The maximum atomic E-state index is 12.8. The average molecular weight is 438 g/mol. The summed E-state index contributed by atoms with van der Waals surface area (Å²) >= 11 is 1.17. The van der Waals surface area contributed by atoms with Crippen LogP contribution in [0.3, 0.4) is 0 Å². The molecule has 3 aliphatic rings. The second-order valence-corrected chi connectivity index (χ2v) is 8.71. The molecule has 2 N–H and O–H groups in total. The number of aromatic nitrogens is 1. The molecule has 0 radical (unpaired) electrons. The lowest BCUT2D eigenvalue weighted by molar-refractivity contribution is -0.167. The van der Waals surface area contributed by atoms with Gasteiger partial charge in [-0.05, 0) is 50.9 Å². The fourth-order valence-corrected chi connectivity index (χ4v) is 5.03. The van der Waals surface area contributed by atoms with Crippen molar-refractivity contribution in [1.82, 2.24) is 15.2 Å². The summed E-state index contributed by atoms with van der Waals surface area (Å²) in [4.78, 5) is 31.0. The van der Waals surface area contributed by atoms with E-state index < -0.39 is 12.1 Å². The monoisotopic (exact) mass is 438 g/mol. The van der Waals surface area contributed by atoms with Crippen LogP contribution < -0.4 is 10.6 Å². The Morgan fingerprint density at radius 1 is 1.23 bits per heavy atom. The molecule has 10 heteroatoms. The van der Waals surface area contributed by atoms with Gasteiger partial charge < -0.3 is 10.6 Å². The molecule has 3 aliphatic heterocycles. The summed E-state index contributed by atoms with van der Waals surface area (Å²) in [6.45, 7) is 4.28. The van der Waals surface area contributed by atoms with Gasteiger partial charge in [-0.2, -0.15) is 13.2 Å². The molecular weight excluding hydrogens is 417 g/mol. The van der Waals surface area contributed by atoms with Crippen LogP contribution in [0, 0.1) is 5.92 Å². The molecule has 5 rings (SSSR count). The van der Waals surface area contributed by atoms with Crippen molar-refractivity contribution < 1.29 is 22.8 Å². The lowest BCUT2D eigenvalue weighted by atomic mass is 9.79. The number of carbonyl (C=O) groups excluding carboxylic acids is 2. The number of thiazole rings is 1. The third-order valence-electron chi connectivity index (χ3n) is 5.83. The SMILES string of the molecule is C[C@H]1[C@H](NC(=O)c2cnc(-c3cccc(NC(=O)C(F)(F)F)c3)s2)C2CCN1CC2. The van der Waals surface area contributed by atoms with Crippen molar-refractivity contribution in [2.45, 2.75) is 38.0 Å². The molecule has 2 atom stereocenters. The van der Waals surface area contributed by atoms with Gasteiger partial charge in [0.25, 0.3) is 5.91 Å². The van der Waals surface area contributed by atoms with Crippen molar-refractivity contribution in [2.75, 3.05) is 18.4 Å². The van der Waals surface area contributed by atoms with E-state index in [0.717, 1.165) is 25.9 Å². The largest absolute Gasteiger partial charge is 0.471 e. The number of hydrogen-bond acceptors (Lipinski definition) is 5. The Balaban J connectivity index is 1.46. The predicted molar refractivity (Wildman–Crippen MR) is 107 cm³/mol. The molecule has 30 heavy (non-hydrogen) atoms. The Morgan fingerprint density at radius 2 is 1.97 bits per heavy atom. The standard InChI is InChI=1S/C20H21F3N4O2S/c1-11-16(12-5-7-27(11)8-6-12)26-17(28)15-10-24-18(30-15)13-3-2-4-14(9-13)25-19(29)20(21,22)23/h2-4,9-12,16H,5-8H2,1H3,(H,25,29)(H,26,28)/t11-,16-/m0/s1. The van der Waals surface area contributed by atoms with Gasteiger partial charge in [-0.3, -0.25) is 14.5 Å². The fraction of sp³-hybridized carbons (Fsp3) is 0.450. The molecular formula is C20H21F3N4O2S. The van der Waals surface area contributed by atoms with Gasteiger partial charge in [-0.15, -0.1) is 11.3 Å². The first kappa shape index (κ1) is 20.8. The van der Waals surface area contributed by atoms with E-state index in [-0.39, 0.29) is 17.6 Å². The lowest BCUT2D eigenvalue weighted by Gasteiger charge is -2.49. The second kappa shape index (κ2) is 7.99. The summed E-state index contributed by atoms with van der Waals surface area (Å²) in [6, 6.07) is 6.36. The number of benzene rings is 1. The fourth-order valence-electron chi connectivity index (χ4n) is 4.21. The number of anilines is 1. The molecule has 0 saturated carbocycles. The van der Waals surface area contributed by atoms with Gasteiger partial charge in [0, 0.05) is 23.3 Å². The van der Waals surface area contributed by atoms with Gasteiger partial charge in [0.2, 0.25) is 0 Å². The quantitative estimate of drug-likeness (QED) is 0.766. The van der Waals surface area contributed by atoms with Crippen molar-refractivity contribution >= 4 is 28.8 Å². The normalized spacial score (nSPS) is 25.7. The van der Waals surface area contributed by atoms with Crippen molar-refractivity contribution in [3.8, 4) is 10.6 Å². The summed E-state index contributed by atoms with van der Waals surface area (Å²) < 4.78 is 37.4. The van der Waals surface area contributed by atoms with E-state index in [1.54, 1.807) is 6.07 Å². The smallest absolute Gasteiger partial charge is 0.347 e. The van der Waals surface area contributed by atoms with Crippen molar-refractivity contribution in [3.05, 3.63) is 35.3 Å². The van der Waals surface area contributed by atoms with Crippen molar-refractivity contribution in [2.24, 2.45) is 5.92 Å². The highest BCUT2D eigenvalue weighted by molar-refractivity contribution is 7.16. The maximum absolute atomic E-state index is 12.8. The van der Waals surface area contributed by atoms with E-state index in [1.165, 1.54) is 35.7 Å². The maximum Gasteiger partial charge on any atom is 0.471 e. The highest BCUT2D eigenvalue weighted by Gasteiger charge is 2.41. The van der Waals surface area contributed by atoms with E-state index in [2.05, 4.69) is 22.1 Å². The Kier molecular flexibility index (Phi) is 5.54. The third-order valence-corrected chi connectivity index (χ3v) is 6.88. The molecule has 0 aliphatic carbocycles. The summed E-state index contributed by atoms with van der Waals surface area (Å²) in [7, 11) is 0. The predicted octanol–water partition coefficient (Wildman–Crippen LogP) is 3.52. The number of alkyl halides is 3. The van der Waals surface area contributed by atoms with Gasteiger partial charge in [-0.1, -0.05) is 12.1 Å². The van der Waals surface area contributed by atoms with Crippen LogP contribution >= 0.6 is 11.3 Å². The molecule has 0 spiro atoms. The highest BCUT2D eigenvalue weighted by atomic mass is 32.1. The van der Waals surface area contributed by atoms with E-state index in [4.69, 9.17) is 0 Å². The average Bonchev–Trinajstić information content (AvgIpc) is 3.21. The van der Waals surface area contributed by atoms with Crippen LogP contribution in [-0.2, 0) is 4.79 Å². The first-order valence-corrected chi connectivity index (χ1v) is 10.5. The zero-order valence-electron chi connectivity index (χ0n) is 16.2. The number of hydrogen-bond donors (Lipinski definition) is 2. The molecule has 1 aromatic heterocycles. The molecule has 6 nitrogen and oxygen atoms in total. The minimum atomic E-state index is -4.96. The first-order chi connectivity index (χ1) is 14.2. The highest BCUT2D eigenvalue weighted by Crippen LogP contribution is 2.33. The van der Waals surface area contributed by atoms with Crippen LogP contribution in [0.2, 0.25) is 0 Å². The first-order valence-electron chi connectivity index (χ1n) is 9.72. The van der Waals surface area contributed by atoms with Gasteiger partial charge in [0.15, 0.2) is 0 Å². The zero-order valence-corrected chi connectivity index (χ0v) is 17.0. The topological polar surface area (TPSA) is 74.3 Å². The summed E-state index contributed by atoms with van der Waals surface area (Å²) in [5, 5.41) is 5.46. The number of amides is 2. The second-order valence-electron chi connectivity index (χ2n) is 7.68. The lowest BCUT2D eigenvalue weighted by Crippen LogP contribution is -2.62. The van der Waals surface area contributed by atoms with E-state index in [1.807, 2.05) is 5.32 Å². The minimum Gasteiger partial charge on any atom is -0.347 e. The van der Waals surface area contributed by atoms with Crippen LogP contribution in [0.25, 0.3) is 10.6 Å². The van der Waals surface area contributed by atoms with E-state index >= 15 is 0 Å². The molecule has 2 aromatic rings. The molecule has 2 bridgehead atoms. The molecule has 3 fully saturated rings. The number of fused-ring (bicyclic) bond motifs is 3. The third kappa shape index (κ3) is 4.20. The Morgan fingerprint density at radius 3 is 2.63 bits per heavy atom. The van der Waals surface area contributed by atoms with Crippen LogP contribution in [0.4, 0.5) is 18.9 Å². The zero-order chi connectivity index (χ0) is 21.5. The van der Waals surface area contributed by atoms with E-state index in [9.17, 15) is 22.8 Å². The summed E-state index contributed by atoms with van der Waals surface area (Å²) in [5.41, 5.74) is 0.535. The van der Waals surface area contributed by atoms with Gasteiger partial charge in [-0.25, -0.2) is 4.98 Å². The molecule has 160 valence electrons. The Bertz CT molecular complexity index is 952. The van der Waals surface area contributed by atoms with Crippen LogP contribution in [0.1, 0.15) is 29.4 Å². The van der Waals surface area contributed by atoms with Gasteiger partial charge >= 0.3 is 12.1 Å². The van der Waals surface area contributed by atoms with E-state index in [0.29, 0.717) is 27.4 Å². The molecule has 0 unspecified atom stereocenters. The number of nitrogens with one attached hydrogen (secondary N) is 2. The number of piperidine rings is 3. The Hall–Kier alpha value is -2.46. The van der Waals surface area contributed by atoms with Crippen LogP contribution in [-0.4, -0.2) is 53.0 Å². The number of halogens is 3.